The summed E-state index contributed by atoms with van der Waals surface area (Å²) in [5.41, 5.74) is 0.182. The molecule has 0 saturated carbocycles. The third-order valence-electron chi connectivity index (χ3n) is 2.24. The molecule has 2 nitrogen and oxygen atoms in total. The van der Waals surface area contributed by atoms with Gasteiger partial charge in [-0.25, -0.2) is 9.97 Å². The van der Waals surface area contributed by atoms with E-state index in [0.29, 0.717) is 15.9 Å². The van der Waals surface area contributed by atoms with Crippen molar-refractivity contribution < 1.29 is 13.2 Å². The van der Waals surface area contributed by atoms with E-state index in [1.807, 2.05) is 6.07 Å². The largest absolute Gasteiger partial charge is 0.417 e. The summed E-state index contributed by atoms with van der Waals surface area (Å²) in [4.78, 5) is 7.70. The lowest BCUT2D eigenvalue weighted by Gasteiger charge is -2.06. The predicted molar refractivity (Wildman–Crippen MR) is 68.0 cm³/mol. The minimum atomic E-state index is -4.35. The topological polar surface area (TPSA) is 25.8 Å². The van der Waals surface area contributed by atoms with Gasteiger partial charge in [-0.1, -0.05) is 17.7 Å². The zero-order valence-corrected chi connectivity index (χ0v) is 11.1. The third kappa shape index (κ3) is 4.11. The Hall–Kier alpha value is -1.27. The highest BCUT2D eigenvalue weighted by molar-refractivity contribution is 7.98. The summed E-state index contributed by atoms with van der Waals surface area (Å²) in [6.45, 7) is 0. The zero-order valence-electron chi connectivity index (χ0n) is 9.49. The predicted octanol–water partition coefficient (Wildman–Crippen LogP) is 4.44. The number of aromatic nitrogens is 2. The van der Waals surface area contributed by atoms with Gasteiger partial charge < -0.3 is 0 Å². The summed E-state index contributed by atoms with van der Waals surface area (Å²) in [7, 11) is 0. The number of alkyl halides is 3. The Labute approximate surface area is 117 Å². The number of thioether (sulfide) groups is 1. The molecule has 0 aromatic carbocycles. The van der Waals surface area contributed by atoms with Crippen LogP contribution in [0.2, 0.25) is 5.15 Å². The van der Waals surface area contributed by atoms with Gasteiger partial charge in [-0.3, -0.25) is 0 Å². The van der Waals surface area contributed by atoms with Gasteiger partial charge in [0.2, 0.25) is 0 Å². The molecule has 0 aliphatic carbocycles. The van der Waals surface area contributed by atoms with Gasteiger partial charge in [0, 0.05) is 18.1 Å². The highest BCUT2D eigenvalue weighted by atomic mass is 35.5. The smallest absolute Gasteiger partial charge is 0.249 e. The Morgan fingerprint density at radius 2 is 1.84 bits per heavy atom. The van der Waals surface area contributed by atoms with Crippen molar-refractivity contribution in [3.05, 3.63) is 52.9 Å². The molecule has 0 amide bonds. The number of hydrogen-bond donors (Lipinski definition) is 0. The highest BCUT2D eigenvalue weighted by Gasteiger charge is 2.30. The van der Waals surface area contributed by atoms with Gasteiger partial charge in [-0.15, -0.1) is 11.8 Å². The van der Waals surface area contributed by atoms with E-state index in [1.54, 1.807) is 12.3 Å². The SMILES string of the molecule is FC(F)(F)c1ccc(SCc2ccc(Cl)nc2)nc1. The summed E-state index contributed by atoms with van der Waals surface area (Å²) in [5.74, 6) is 0.572. The van der Waals surface area contributed by atoms with Gasteiger partial charge in [-0.2, -0.15) is 13.2 Å². The molecule has 100 valence electrons. The minimum absolute atomic E-state index is 0.404. The molecule has 0 atom stereocenters. The second-order valence-corrected chi connectivity index (χ2v) is 5.04. The zero-order chi connectivity index (χ0) is 13.9. The van der Waals surface area contributed by atoms with Gasteiger partial charge in [-0.05, 0) is 23.8 Å². The Morgan fingerprint density at radius 3 is 2.37 bits per heavy atom. The van der Waals surface area contributed by atoms with Crippen LogP contribution in [0.5, 0.6) is 0 Å². The fourth-order valence-electron chi connectivity index (χ4n) is 1.28. The second-order valence-electron chi connectivity index (χ2n) is 3.66. The van der Waals surface area contributed by atoms with E-state index < -0.39 is 11.7 Å². The van der Waals surface area contributed by atoms with Crippen LogP contribution < -0.4 is 0 Å². The summed E-state index contributed by atoms with van der Waals surface area (Å²) >= 11 is 6.99. The van der Waals surface area contributed by atoms with Crippen LogP contribution in [0, 0.1) is 0 Å². The van der Waals surface area contributed by atoms with Crippen molar-refractivity contribution in [1.29, 1.82) is 0 Å². The molecular formula is C12H8ClF3N2S. The van der Waals surface area contributed by atoms with Gasteiger partial charge in [0.25, 0.3) is 0 Å². The van der Waals surface area contributed by atoms with E-state index in [2.05, 4.69) is 9.97 Å². The first kappa shape index (κ1) is 14.1. The molecule has 2 heterocycles. The second kappa shape index (κ2) is 5.79. The van der Waals surface area contributed by atoms with Crippen molar-refractivity contribution in [3.8, 4) is 0 Å². The summed E-state index contributed by atoms with van der Waals surface area (Å²) in [6, 6.07) is 5.86. The van der Waals surface area contributed by atoms with Crippen LogP contribution in [-0.2, 0) is 11.9 Å². The Balaban J connectivity index is 1.98. The normalized spacial score (nSPS) is 11.6. The molecule has 19 heavy (non-hydrogen) atoms. The number of hydrogen-bond acceptors (Lipinski definition) is 3. The van der Waals surface area contributed by atoms with Crippen LogP contribution in [0.4, 0.5) is 13.2 Å². The first-order valence-electron chi connectivity index (χ1n) is 5.21. The molecule has 0 radical (unpaired) electrons. The molecule has 2 aromatic heterocycles. The molecule has 0 saturated heterocycles. The standard InChI is InChI=1S/C12H8ClF3N2S/c13-10-3-1-8(5-17-10)7-19-11-4-2-9(6-18-11)12(14,15)16/h1-6H,7H2. The third-order valence-corrected chi connectivity index (χ3v) is 3.48. The van der Waals surface area contributed by atoms with Crippen LogP contribution in [0.25, 0.3) is 0 Å². The van der Waals surface area contributed by atoms with Crippen molar-refractivity contribution in [2.75, 3.05) is 0 Å². The van der Waals surface area contributed by atoms with Crippen LogP contribution in [0.1, 0.15) is 11.1 Å². The lowest BCUT2D eigenvalue weighted by Crippen LogP contribution is -2.05. The van der Waals surface area contributed by atoms with Crippen molar-refractivity contribution >= 4 is 23.4 Å². The monoisotopic (exact) mass is 304 g/mol. The Bertz CT molecular complexity index is 540. The fourth-order valence-corrected chi connectivity index (χ4v) is 2.17. The maximum Gasteiger partial charge on any atom is 0.417 e. The first-order valence-corrected chi connectivity index (χ1v) is 6.58. The van der Waals surface area contributed by atoms with Gasteiger partial charge in [0.15, 0.2) is 0 Å². The Morgan fingerprint density at radius 1 is 1.05 bits per heavy atom. The molecule has 2 rings (SSSR count). The van der Waals surface area contributed by atoms with Crippen LogP contribution in [0.15, 0.2) is 41.7 Å². The molecule has 0 bridgehead atoms. The lowest BCUT2D eigenvalue weighted by molar-refractivity contribution is -0.137. The summed E-state index contributed by atoms with van der Waals surface area (Å²) in [6.07, 6.45) is -1.89. The Kier molecular flexibility index (Phi) is 4.31. The summed E-state index contributed by atoms with van der Waals surface area (Å²) in [5, 5.41) is 0.935. The van der Waals surface area contributed by atoms with Gasteiger partial charge >= 0.3 is 6.18 Å². The average Bonchev–Trinajstić information content (AvgIpc) is 2.37. The molecule has 7 heteroatoms. The van der Waals surface area contributed by atoms with Gasteiger partial charge in [0.05, 0.1) is 10.6 Å². The lowest BCUT2D eigenvalue weighted by atomic mass is 10.3. The minimum Gasteiger partial charge on any atom is -0.249 e. The molecule has 0 spiro atoms. The molecule has 0 aliphatic heterocycles. The molecule has 0 aliphatic rings. The van der Waals surface area contributed by atoms with Crippen LogP contribution >= 0.6 is 23.4 Å². The van der Waals surface area contributed by atoms with E-state index >= 15 is 0 Å². The van der Waals surface area contributed by atoms with Crippen molar-refractivity contribution in [3.63, 3.8) is 0 Å². The van der Waals surface area contributed by atoms with Crippen molar-refractivity contribution in [2.24, 2.45) is 0 Å². The van der Waals surface area contributed by atoms with Crippen molar-refractivity contribution in [1.82, 2.24) is 9.97 Å². The maximum absolute atomic E-state index is 12.3. The number of rotatable bonds is 3. The van der Waals surface area contributed by atoms with E-state index in [9.17, 15) is 13.2 Å². The molecule has 0 fully saturated rings. The van der Waals surface area contributed by atoms with Crippen LogP contribution in [-0.4, -0.2) is 9.97 Å². The van der Waals surface area contributed by atoms with Gasteiger partial charge in [0.1, 0.15) is 5.15 Å². The molecule has 2 aromatic rings. The van der Waals surface area contributed by atoms with E-state index in [4.69, 9.17) is 11.6 Å². The molecule has 0 unspecified atom stereocenters. The van der Waals surface area contributed by atoms with Crippen LogP contribution in [0.3, 0.4) is 0 Å². The molecular weight excluding hydrogens is 297 g/mol. The van der Waals surface area contributed by atoms with Crippen molar-refractivity contribution in [2.45, 2.75) is 17.0 Å². The average molecular weight is 305 g/mol. The molecule has 0 N–H and O–H groups in total. The number of halogens is 4. The fraction of sp³-hybridized carbons (Fsp3) is 0.167. The van der Waals surface area contributed by atoms with E-state index in [0.717, 1.165) is 17.8 Å². The highest BCUT2D eigenvalue weighted by Crippen LogP contribution is 2.30. The number of nitrogens with zero attached hydrogens (tertiary/aromatic N) is 2. The van der Waals surface area contributed by atoms with E-state index in [1.165, 1.54) is 17.8 Å². The number of pyridine rings is 2. The first-order chi connectivity index (χ1) is 8.95. The quantitative estimate of drug-likeness (QED) is 0.619. The maximum atomic E-state index is 12.3. The summed E-state index contributed by atoms with van der Waals surface area (Å²) < 4.78 is 37.0. The van der Waals surface area contributed by atoms with E-state index in [-0.39, 0.29) is 0 Å².